The van der Waals surface area contributed by atoms with E-state index in [1.165, 1.54) is 0 Å². The highest BCUT2D eigenvalue weighted by Crippen LogP contribution is 2.25. The van der Waals surface area contributed by atoms with Gasteiger partial charge in [-0.25, -0.2) is 4.98 Å². The first-order valence-electron chi connectivity index (χ1n) is 6.88. The molecule has 6 heteroatoms. The molecule has 0 radical (unpaired) electrons. The molecule has 21 heavy (non-hydrogen) atoms. The van der Waals surface area contributed by atoms with Crippen molar-refractivity contribution in [3.8, 4) is 11.5 Å². The molecule has 0 atom stereocenters. The second-order valence-electron chi connectivity index (χ2n) is 5.13. The van der Waals surface area contributed by atoms with Crippen molar-refractivity contribution in [2.45, 2.75) is 25.8 Å². The number of fused-ring (bicyclic) bond motifs is 2. The second kappa shape index (κ2) is 4.70. The molecule has 0 bridgehead atoms. The van der Waals surface area contributed by atoms with E-state index in [9.17, 15) is 4.79 Å². The van der Waals surface area contributed by atoms with E-state index in [0.29, 0.717) is 23.2 Å². The van der Waals surface area contributed by atoms with E-state index >= 15 is 0 Å². The van der Waals surface area contributed by atoms with Gasteiger partial charge in [0, 0.05) is 23.6 Å². The van der Waals surface area contributed by atoms with Gasteiger partial charge in [-0.2, -0.15) is 4.98 Å². The molecule has 0 fully saturated rings. The maximum absolute atomic E-state index is 12.5. The summed E-state index contributed by atoms with van der Waals surface area (Å²) >= 11 is 5.98. The van der Waals surface area contributed by atoms with Crippen LogP contribution in [0.15, 0.2) is 33.5 Å². The lowest BCUT2D eigenvalue weighted by Gasteiger charge is -2.15. The highest BCUT2D eigenvalue weighted by Gasteiger charge is 2.19. The Balaban J connectivity index is 1.94. The number of aryl methyl sites for hydroxylation is 1. The predicted molar refractivity (Wildman–Crippen MR) is 79.4 cm³/mol. The zero-order valence-corrected chi connectivity index (χ0v) is 11.9. The van der Waals surface area contributed by atoms with Crippen molar-refractivity contribution < 1.29 is 4.42 Å². The Morgan fingerprint density at radius 3 is 3.00 bits per heavy atom. The Morgan fingerprint density at radius 1 is 1.24 bits per heavy atom. The Bertz CT molecular complexity index is 898. The maximum atomic E-state index is 12.5. The molecular weight excluding hydrogens is 290 g/mol. The lowest BCUT2D eigenvalue weighted by atomic mass is 10.1. The molecule has 5 nitrogen and oxygen atoms in total. The molecule has 3 aromatic rings. The molecule has 0 spiro atoms. The highest BCUT2D eigenvalue weighted by molar-refractivity contribution is 6.30. The largest absolute Gasteiger partial charge is 0.417 e. The van der Waals surface area contributed by atoms with Crippen LogP contribution in [0.2, 0.25) is 5.02 Å². The number of hydrogen-bond donors (Lipinski definition) is 0. The van der Waals surface area contributed by atoms with Gasteiger partial charge in [-0.15, -0.1) is 0 Å². The van der Waals surface area contributed by atoms with Crippen molar-refractivity contribution >= 4 is 22.8 Å². The van der Waals surface area contributed by atoms with E-state index in [4.69, 9.17) is 16.0 Å². The van der Waals surface area contributed by atoms with Gasteiger partial charge >= 0.3 is 0 Å². The molecular formula is C15H12ClN3O2. The summed E-state index contributed by atoms with van der Waals surface area (Å²) < 4.78 is 7.37. The van der Waals surface area contributed by atoms with Crippen LogP contribution >= 0.6 is 11.6 Å². The summed E-state index contributed by atoms with van der Waals surface area (Å²) in [5.74, 6) is 1.16. The summed E-state index contributed by atoms with van der Waals surface area (Å²) in [5, 5.41) is 0.596. The Hall–Kier alpha value is -2.14. The number of halogens is 1. The van der Waals surface area contributed by atoms with Crippen LogP contribution in [0.3, 0.4) is 0 Å². The molecule has 0 N–H and O–H groups in total. The number of aromatic nitrogens is 3. The Kier molecular flexibility index (Phi) is 2.82. The van der Waals surface area contributed by atoms with E-state index in [1.54, 1.807) is 16.7 Å². The van der Waals surface area contributed by atoms with Crippen LogP contribution in [0.4, 0.5) is 0 Å². The topological polar surface area (TPSA) is 60.9 Å². The first-order chi connectivity index (χ1) is 10.2. The van der Waals surface area contributed by atoms with Gasteiger partial charge in [0.05, 0.1) is 0 Å². The van der Waals surface area contributed by atoms with Gasteiger partial charge in [0.2, 0.25) is 5.89 Å². The summed E-state index contributed by atoms with van der Waals surface area (Å²) in [6, 6.07) is 7.19. The van der Waals surface area contributed by atoms with Crippen molar-refractivity contribution in [3.05, 3.63) is 45.5 Å². The number of nitrogens with zero attached hydrogens (tertiary/aromatic N) is 3. The molecule has 4 rings (SSSR count). The minimum absolute atomic E-state index is 0.119. The zero-order valence-electron chi connectivity index (χ0n) is 11.2. The molecule has 0 aliphatic carbocycles. The molecule has 0 saturated heterocycles. The van der Waals surface area contributed by atoms with E-state index in [-0.39, 0.29) is 11.1 Å². The van der Waals surface area contributed by atoms with Crippen LogP contribution in [-0.4, -0.2) is 14.5 Å². The van der Waals surface area contributed by atoms with Crippen LogP contribution in [-0.2, 0) is 13.0 Å². The quantitative estimate of drug-likeness (QED) is 0.693. The number of hydrogen-bond acceptors (Lipinski definition) is 4. The first-order valence-corrected chi connectivity index (χ1v) is 7.26. The van der Waals surface area contributed by atoms with Gasteiger partial charge in [0.15, 0.2) is 5.52 Å². The van der Waals surface area contributed by atoms with Crippen LogP contribution in [0.1, 0.15) is 18.7 Å². The van der Waals surface area contributed by atoms with Crippen molar-refractivity contribution in [3.63, 3.8) is 0 Å². The van der Waals surface area contributed by atoms with E-state index in [2.05, 4.69) is 9.97 Å². The van der Waals surface area contributed by atoms with Gasteiger partial charge < -0.3 is 4.42 Å². The van der Waals surface area contributed by atoms with E-state index in [0.717, 1.165) is 30.7 Å². The van der Waals surface area contributed by atoms with Gasteiger partial charge in [-0.1, -0.05) is 17.7 Å². The van der Waals surface area contributed by atoms with Crippen LogP contribution in [0, 0.1) is 0 Å². The third-order valence-corrected chi connectivity index (χ3v) is 3.94. The van der Waals surface area contributed by atoms with E-state index in [1.807, 2.05) is 12.1 Å². The minimum atomic E-state index is -0.119. The average Bonchev–Trinajstić information content (AvgIpc) is 2.92. The monoisotopic (exact) mass is 301 g/mol. The molecule has 0 saturated carbocycles. The predicted octanol–water partition coefficient (Wildman–Crippen LogP) is 3.04. The van der Waals surface area contributed by atoms with Crippen LogP contribution < -0.4 is 5.56 Å². The standard InChI is InChI=1S/C15H12ClN3O2/c16-10-5-3-4-9(8-10)13-18-12-14(21-13)17-11-6-1-2-7-19(11)15(12)20/h3-5,8H,1-2,6-7H2. The normalized spacial score (nSPS) is 14.3. The van der Waals surface area contributed by atoms with Crippen molar-refractivity contribution in [1.29, 1.82) is 0 Å². The SMILES string of the molecule is O=c1c2nc(-c3cccc(Cl)c3)oc2nc2n1CCCC2. The van der Waals surface area contributed by atoms with Gasteiger partial charge in [-0.3, -0.25) is 9.36 Å². The van der Waals surface area contributed by atoms with E-state index < -0.39 is 0 Å². The average molecular weight is 302 g/mol. The number of rotatable bonds is 1. The van der Waals surface area contributed by atoms with Crippen molar-refractivity contribution in [2.75, 3.05) is 0 Å². The molecule has 1 aliphatic heterocycles. The smallest absolute Gasteiger partial charge is 0.283 e. The minimum Gasteiger partial charge on any atom is -0.417 e. The fourth-order valence-corrected chi connectivity index (χ4v) is 2.86. The van der Waals surface area contributed by atoms with Crippen molar-refractivity contribution in [1.82, 2.24) is 14.5 Å². The molecule has 1 aromatic carbocycles. The van der Waals surface area contributed by atoms with Crippen molar-refractivity contribution in [2.24, 2.45) is 0 Å². The summed E-state index contributed by atoms with van der Waals surface area (Å²) in [6.07, 6.45) is 2.85. The molecule has 3 heterocycles. The second-order valence-corrected chi connectivity index (χ2v) is 5.56. The molecule has 2 aromatic heterocycles. The molecule has 106 valence electrons. The van der Waals surface area contributed by atoms with Crippen LogP contribution in [0.5, 0.6) is 0 Å². The van der Waals surface area contributed by atoms with Crippen LogP contribution in [0.25, 0.3) is 22.7 Å². The summed E-state index contributed by atoms with van der Waals surface area (Å²) in [4.78, 5) is 21.2. The number of oxazole rings is 1. The lowest BCUT2D eigenvalue weighted by molar-refractivity contribution is 0.494. The third-order valence-electron chi connectivity index (χ3n) is 3.70. The lowest BCUT2D eigenvalue weighted by Crippen LogP contribution is -2.28. The highest BCUT2D eigenvalue weighted by atomic mass is 35.5. The fraction of sp³-hybridized carbons (Fsp3) is 0.267. The maximum Gasteiger partial charge on any atom is 0.283 e. The third kappa shape index (κ3) is 2.05. The molecule has 0 unspecified atom stereocenters. The fourth-order valence-electron chi connectivity index (χ4n) is 2.67. The summed E-state index contributed by atoms with van der Waals surface area (Å²) in [7, 11) is 0. The zero-order chi connectivity index (χ0) is 14.4. The molecule has 0 amide bonds. The number of benzene rings is 1. The summed E-state index contributed by atoms with van der Waals surface area (Å²) in [6.45, 7) is 0.705. The van der Waals surface area contributed by atoms with Gasteiger partial charge in [0.25, 0.3) is 11.3 Å². The van der Waals surface area contributed by atoms with Gasteiger partial charge in [0.1, 0.15) is 5.82 Å². The Morgan fingerprint density at radius 2 is 2.14 bits per heavy atom. The first kappa shape index (κ1) is 12.6. The Labute approximate surface area is 125 Å². The summed E-state index contributed by atoms with van der Waals surface area (Å²) in [5.41, 5.74) is 1.22. The molecule has 1 aliphatic rings. The van der Waals surface area contributed by atoms with Gasteiger partial charge in [-0.05, 0) is 31.0 Å².